The van der Waals surface area contributed by atoms with Crippen molar-refractivity contribution >= 4 is 5.91 Å². The Morgan fingerprint density at radius 1 is 1.52 bits per heavy atom. The molecule has 0 atom stereocenters. The molecule has 2 heterocycles. The van der Waals surface area contributed by atoms with Gasteiger partial charge < -0.3 is 19.6 Å². The number of amides is 1. The zero-order valence-electron chi connectivity index (χ0n) is 13.1. The summed E-state index contributed by atoms with van der Waals surface area (Å²) in [7, 11) is 3.34. The Kier molecular flexibility index (Phi) is 4.24. The molecule has 2 N–H and O–H groups in total. The van der Waals surface area contributed by atoms with Gasteiger partial charge in [-0.05, 0) is 12.8 Å². The molecular formula is C15H19N5O3. The molecule has 0 spiro atoms. The molecule has 0 unspecified atom stereocenters. The van der Waals surface area contributed by atoms with Crippen molar-refractivity contribution in [1.29, 1.82) is 0 Å². The van der Waals surface area contributed by atoms with Crippen LogP contribution in [0.4, 0.5) is 0 Å². The number of aromatic nitrogens is 4. The van der Waals surface area contributed by atoms with Gasteiger partial charge >= 0.3 is 0 Å². The van der Waals surface area contributed by atoms with Crippen LogP contribution in [0, 0.1) is 0 Å². The minimum absolute atomic E-state index is 0.0798. The van der Waals surface area contributed by atoms with Gasteiger partial charge in [-0.1, -0.05) is 0 Å². The van der Waals surface area contributed by atoms with Crippen LogP contribution >= 0.6 is 0 Å². The highest BCUT2D eigenvalue weighted by atomic mass is 16.5. The number of rotatable bonds is 5. The molecule has 1 amide bonds. The van der Waals surface area contributed by atoms with Gasteiger partial charge in [0.25, 0.3) is 11.5 Å². The van der Waals surface area contributed by atoms with Crippen molar-refractivity contribution in [3.8, 4) is 0 Å². The molecule has 0 aromatic carbocycles. The molecule has 122 valence electrons. The number of H-pyrrole nitrogens is 1. The summed E-state index contributed by atoms with van der Waals surface area (Å²) in [5.74, 6) is 0.917. The zero-order chi connectivity index (χ0) is 16.4. The van der Waals surface area contributed by atoms with E-state index >= 15 is 0 Å². The van der Waals surface area contributed by atoms with E-state index in [0.29, 0.717) is 11.6 Å². The van der Waals surface area contributed by atoms with Crippen molar-refractivity contribution in [1.82, 2.24) is 24.8 Å². The molecule has 8 heteroatoms. The topological polar surface area (TPSA) is 102 Å². The summed E-state index contributed by atoms with van der Waals surface area (Å²) < 4.78 is 6.68. The highest BCUT2D eigenvalue weighted by molar-refractivity contribution is 5.91. The lowest BCUT2D eigenvalue weighted by atomic mass is 9.78. The molecule has 1 saturated carbocycles. The summed E-state index contributed by atoms with van der Waals surface area (Å²) in [6, 6.07) is 1.59. The lowest BCUT2D eigenvalue weighted by molar-refractivity contribution is 0.0894. The van der Waals surface area contributed by atoms with Gasteiger partial charge in [0, 0.05) is 44.6 Å². The zero-order valence-corrected chi connectivity index (χ0v) is 13.1. The van der Waals surface area contributed by atoms with Gasteiger partial charge in [0.15, 0.2) is 5.82 Å². The van der Waals surface area contributed by atoms with Gasteiger partial charge in [0.05, 0.1) is 5.69 Å². The largest absolute Gasteiger partial charge is 0.377 e. The molecule has 0 saturated heterocycles. The molecule has 3 rings (SSSR count). The summed E-state index contributed by atoms with van der Waals surface area (Å²) in [4.78, 5) is 34.8. The van der Waals surface area contributed by atoms with E-state index in [9.17, 15) is 9.59 Å². The van der Waals surface area contributed by atoms with Crippen molar-refractivity contribution in [3.63, 3.8) is 0 Å². The number of nitrogens with one attached hydrogen (secondary N) is 2. The maximum absolute atomic E-state index is 12.1. The number of nitrogens with zero attached hydrogens (tertiary/aromatic N) is 3. The predicted molar refractivity (Wildman–Crippen MR) is 82.0 cm³/mol. The second kappa shape index (κ2) is 6.33. The number of aryl methyl sites for hydroxylation is 1. The molecule has 1 aliphatic carbocycles. The molecule has 23 heavy (non-hydrogen) atoms. The van der Waals surface area contributed by atoms with Crippen LogP contribution in [-0.2, 0) is 18.4 Å². The Morgan fingerprint density at radius 3 is 2.96 bits per heavy atom. The molecule has 2 aromatic rings. The Bertz CT molecular complexity index is 760. The van der Waals surface area contributed by atoms with E-state index in [1.807, 2.05) is 0 Å². The fourth-order valence-corrected chi connectivity index (χ4v) is 2.75. The van der Waals surface area contributed by atoms with Crippen molar-refractivity contribution in [3.05, 3.63) is 46.2 Å². The Morgan fingerprint density at radius 2 is 2.30 bits per heavy atom. The van der Waals surface area contributed by atoms with Gasteiger partial charge in [-0.3, -0.25) is 9.59 Å². The fraction of sp³-hybridized carbons (Fsp3) is 0.467. The molecular weight excluding hydrogens is 298 g/mol. The number of aromatic amines is 1. The van der Waals surface area contributed by atoms with Crippen LogP contribution in [0.5, 0.6) is 0 Å². The summed E-state index contributed by atoms with van der Waals surface area (Å²) in [5, 5.41) is 2.95. The number of carbonyl (C=O) groups is 1. The summed E-state index contributed by atoms with van der Waals surface area (Å²) in [5.41, 5.74) is 0.575. The van der Waals surface area contributed by atoms with E-state index in [2.05, 4.69) is 20.3 Å². The van der Waals surface area contributed by atoms with E-state index in [-0.39, 0.29) is 30.0 Å². The highest BCUT2D eigenvalue weighted by Crippen LogP contribution is 2.35. The first-order chi connectivity index (χ1) is 11.1. The van der Waals surface area contributed by atoms with Crippen LogP contribution in [0.15, 0.2) is 23.3 Å². The normalized spacial score (nSPS) is 20.1. The Hall–Kier alpha value is -2.48. The molecule has 0 bridgehead atoms. The average Bonchev–Trinajstić information content (AvgIpc) is 2.88. The number of imidazole rings is 1. The SMILES string of the molecule is COCc1nc(C2CC(NC(=O)c3nccn3C)C2)cc(=O)[nH]1. The third kappa shape index (κ3) is 3.31. The van der Waals surface area contributed by atoms with Crippen molar-refractivity contribution in [2.24, 2.45) is 7.05 Å². The van der Waals surface area contributed by atoms with Crippen LogP contribution in [0.25, 0.3) is 0 Å². The van der Waals surface area contributed by atoms with Crippen LogP contribution < -0.4 is 10.9 Å². The van der Waals surface area contributed by atoms with E-state index in [0.717, 1.165) is 18.5 Å². The lowest BCUT2D eigenvalue weighted by Gasteiger charge is -2.35. The fourth-order valence-electron chi connectivity index (χ4n) is 2.75. The van der Waals surface area contributed by atoms with Crippen LogP contribution in [0.2, 0.25) is 0 Å². The van der Waals surface area contributed by atoms with Crippen LogP contribution in [0.1, 0.15) is 40.9 Å². The van der Waals surface area contributed by atoms with Gasteiger partial charge in [0.1, 0.15) is 12.4 Å². The molecule has 0 radical (unpaired) electrons. The second-order valence-corrected chi connectivity index (χ2v) is 5.75. The van der Waals surface area contributed by atoms with Crippen LogP contribution in [-0.4, -0.2) is 38.6 Å². The number of carbonyl (C=O) groups excluding carboxylic acids is 1. The lowest BCUT2D eigenvalue weighted by Crippen LogP contribution is -2.44. The summed E-state index contributed by atoms with van der Waals surface area (Å²) in [6.07, 6.45) is 4.85. The van der Waals surface area contributed by atoms with E-state index in [4.69, 9.17) is 4.74 Å². The van der Waals surface area contributed by atoms with Gasteiger partial charge in [-0.2, -0.15) is 0 Å². The number of hydrogen-bond donors (Lipinski definition) is 2. The molecule has 1 fully saturated rings. The first kappa shape index (κ1) is 15.4. The van der Waals surface area contributed by atoms with E-state index in [1.165, 1.54) is 6.07 Å². The number of methoxy groups -OCH3 is 1. The predicted octanol–water partition coefficient (Wildman–Crippen LogP) is 0.326. The van der Waals surface area contributed by atoms with Gasteiger partial charge in [0.2, 0.25) is 0 Å². The van der Waals surface area contributed by atoms with Crippen molar-refractivity contribution < 1.29 is 9.53 Å². The standard InChI is InChI=1S/C15H19N5O3/c1-20-4-3-16-14(20)15(22)17-10-5-9(6-10)11-7-13(21)19-12(18-11)8-23-2/h3-4,7,9-10H,5-6,8H2,1-2H3,(H,17,22)(H,18,19,21). The summed E-state index contributed by atoms with van der Waals surface area (Å²) in [6.45, 7) is 0.273. The third-order valence-corrected chi connectivity index (χ3v) is 4.01. The van der Waals surface area contributed by atoms with E-state index < -0.39 is 0 Å². The first-order valence-corrected chi connectivity index (χ1v) is 7.44. The molecule has 8 nitrogen and oxygen atoms in total. The first-order valence-electron chi connectivity index (χ1n) is 7.44. The van der Waals surface area contributed by atoms with Gasteiger partial charge in [-0.15, -0.1) is 0 Å². The van der Waals surface area contributed by atoms with E-state index in [1.54, 1.807) is 31.1 Å². The quantitative estimate of drug-likeness (QED) is 0.827. The second-order valence-electron chi connectivity index (χ2n) is 5.75. The Balaban J connectivity index is 1.60. The van der Waals surface area contributed by atoms with Crippen LogP contribution in [0.3, 0.4) is 0 Å². The Labute approximate surface area is 132 Å². The maximum Gasteiger partial charge on any atom is 0.287 e. The average molecular weight is 317 g/mol. The highest BCUT2D eigenvalue weighted by Gasteiger charge is 2.33. The number of ether oxygens (including phenoxy) is 1. The van der Waals surface area contributed by atoms with Crippen molar-refractivity contribution in [2.75, 3.05) is 7.11 Å². The molecule has 1 aliphatic rings. The third-order valence-electron chi connectivity index (χ3n) is 4.01. The minimum atomic E-state index is -0.181. The smallest absolute Gasteiger partial charge is 0.287 e. The monoisotopic (exact) mass is 317 g/mol. The van der Waals surface area contributed by atoms with Gasteiger partial charge in [-0.25, -0.2) is 9.97 Å². The maximum atomic E-state index is 12.1. The number of hydrogen-bond acceptors (Lipinski definition) is 5. The molecule has 2 aromatic heterocycles. The molecule has 0 aliphatic heterocycles. The summed E-state index contributed by atoms with van der Waals surface area (Å²) >= 11 is 0. The minimum Gasteiger partial charge on any atom is -0.377 e. The van der Waals surface area contributed by atoms with Crippen molar-refractivity contribution in [2.45, 2.75) is 31.4 Å².